The van der Waals surface area contributed by atoms with E-state index in [9.17, 15) is 13.2 Å². The number of carbonyl (C=O) groups excluding carboxylic acids is 1. The second kappa shape index (κ2) is 7.71. The number of benzene rings is 1. The molecule has 0 unspecified atom stereocenters. The number of hydrogen-bond acceptors (Lipinski definition) is 6. The SMILES string of the molecule is CN(C)S(=O)(=O)CCNc1cc(NC(=O)OC(C)(C)C)ccc1N. The zero-order chi connectivity index (χ0) is 18.5. The first-order valence-corrected chi connectivity index (χ1v) is 9.05. The van der Waals surface area contributed by atoms with E-state index in [4.69, 9.17) is 10.5 Å². The van der Waals surface area contributed by atoms with Gasteiger partial charge in [0, 0.05) is 26.3 Å². The fraction of sp³-hybridized carbons (Fsp3) is 0.533. The molecule has 0 atom stereocenters. The van der Waals surface area contributed by atoms with Crippen LogP contribution in [0.5, 0.6) is 0 Å². The van der Waals surface area contributed by atoms with E-state index in [-0.39, 0.29) is 12.3 Å². The van der Waals surface area contributed by atoms with E-state index < -0.39 is 21.7 Å². The Morgan fingerprint density at radius 2 is 1.92 bits per heavy atom. The van der Waals surface area contributed by atoms with E-state index >= 15 is 0 Å². The van der Waals surface area contributed by atoms with E-state index in [1.165, 1.54) is 18.4 Å². The van der Waals surface area contributed by atoms with Gasteiger partial charge in [0.1, 0.15) is 5.60 Å². The van der Waals surface area contributed by atoms with Gasteiger partial charge in [-0.25, -0.2) is 17.5 Å². The first-order valence-electron chi connectivity index (χ1n) is 7.44. The number of nitrogens with zero attached hydrogens (tertiary/aromatic N) is 1. The lowest BCUT2D eigenvalue weighted by molar-refractivity contribution is 0.0636. The molecule has 1 rings (SSSR count). The van der Waals surface area contributed by atoms with Crippen LogP contribution in [0.2, 0.25) is 0 Å². The molecular formula is C15H26N4O4S. The molecule has 0 heterocycles. The second-order valence-corrected chi connectivity index (χ2v) is 8.76. The van der Waals surface area contributed by atoms with Crippen molar-refractivity contribution in [3.63, 3.8) is 0 Å². The van der Waals surface area contributed by atoms with E-state index in [0.717, 1.165) is 0 Å². The Balaban J connectivity index is 2.71. The van der Waals surface area contributed by atoms with Crippen molar-refractivity contribution in [3.8, 4) is 0 Å². The minimum Gasteiger partial charge on any atom is -0.444 e. The quantitative estimate of drug-likeness (QED) is 0.670. The summed E-state index contributed by atoms with van der Waals surface area (Å²) in [6, 6.07) is 4.89. The molecule has 8 nitrogen and oxygen atoms in total. The third-order valence-electron chi connectivity index (χ3n) is 2.93. The lowest BCUT2D eigenvalue weighted by Crippen LogP contribution is -2.28. The highest BCUT2D eigenvalue weighted by Crippen LogP contribution is 2.23. The third-order valence-corrected chi connectivity index (χ3v) is 4.76. The summed E-state index contributed by atoms with van der Waals surface area (Å²) < 4.78 is 29.8. The molecule has 4 N–H and O–H groups in total. The molecule has 0 radical (unpaired) electrons. The normalized spacial score (nSPS) is 12.1. The summed E-state index contributed by atoms with van der Waals surface area (Å²) in [5.41, 5.74) is 6.75. The standard InChI is InChI=1S/C15H26N4O4S/c1-15(2,3)23-14(20)18-11-6-7-12(16)13(10-11)17-8-9-24(21,22)19(4)5/h6-7,10,17H,8-9,16H2,1-5H3,(H,18,20). The van der Waals surface area contributed by atoms with Gasteiger partial charge in [-0.2, -0.15) is 0 Å². The molecule has 0 aliphatic carbocycles. The molecule has 0 saturated carbocycles. The highest BCUT2D eigenvalue weighted by atomic mass is 32.2. The molecule has 0 bridgehead atoms. The predicted molar refractivity (Wildman–Crippen MR) is 96.7 cm³/mol. The predicted octanol–water partition coefficient (Wildman–Crippen LogP) is 1.92. The fourth-order valence-electron chi connectivity index (χ4n) is 1.71. The van der Waals surface area contributed by atoms with Crippen LogP contribution in [0, 0.1) is 0 Å². The first kappa shape index (κ1) is 20.0. The van der Waals surface area contributed by atoms with Crippen LogP contribution < -0.4 is 16.4 Å². The van der Waals surface area contributed by atoms with Gasteiger partial charge in [0.2, 0.25) is 10.0 Å². The molecule has 1 aromatic rings. The number of rotatable bonds is 6. The van der Waals surface area contributed by atoms with Crippen LogP contribution in [-0.4, -0.2) is 50.8 Å². The van der Waals surface area contributed by atoms with Crippen molar-refractivity contribution in [2.24, 2.45) is 0 Å². The van der Waals surface area contributed by atoms with E-state index in [1.54, 1.807) is 39.0 Å². The average molecular weight is 358 g/mol. The number of nitrogens with two attached hydrogens (primary N) is 1. The molecule has 0 aromatic heterocycles. The maximum atomic E-state index is 11.8. The van der Waals surface area contributed by atoms with Crippen molar-refractivity contribution >= 4 is 33.2 Å². The Hall–Kier alpha value is -2.00. The van der Waals surface area contributed by atoms with Gasteiger partial charge in [-0.1, -0.05) is 0 Å². The zero-order valence-electron chi connectivity index (χ0n) is 14.7. The Kier molecular flexibility index (Phi) is 6.44. The van der Waals surface area contributed by atoms with Crippen LogP contribution in [0.15, 0.2) is 18.2 Å². The van der Waals surface area contributed by atoms with Crippen molar-refractivity contribution in [1.29, 1.82) is 0 Å². The number of hydrogen-bond donors (Lipinski definition) is 3. The molecule has 0 aliphatic rings. The van der Waals surface area contributed by atoms with Crippen LogP contribution in [0.3, 0.4) is 0 Å². The Bertz CT molecular complexity index is 681. The number of ether oxygens (including phenoxy) is 1. The topological polar surface area (TPSA) is 114 Å². The minimum absolute atomic E-state index is 0.0663. The third kappa shape index (κ3) is 6.63. The second-order valence-electron chi connectivity index (χ2n) is 6.45. The highest BCUT2D eigenvalue weighted by molar-refractivity contribution is 7.89. The monoisotopic (exact) mass is 358 g/mol. The summed E-state index contributed by atoms with van der Waals surface area (Å²) in [4.78, 5) is 11.8. The van der Waals surface area contributed by atoms with E-state index in [0.29, 0.717) is 17.1 Å². The summed E-state index contributed by atoms with van der Waals surface area (Å²) in [5.74, 6) is -0.0663. The van der Waals surface area contributed by atoms with Gasteiger partial charge < -0.3 is 15.8 Å². The summed E-state index contributed by atoms with van der Waals surface area (Å²) in [6.45, 7) is 5.51. The Morgan fingerprint density at radius 3 is 2.46 bits per heavy atom. The average Bonchev–Trinajstić information content (AvgIpc) is 2.39. The lowest BCUT2D eigenvalue weighted by atomic mass is 10.2. The molecule has 0 spiro atoms. The maximum Gasteiger partial charge on any atom is 0.412 e. The minimum atomic E-state index is -3.29. The summed E-state index contributed by atoms with van der Waals surface area (Å²) in [7, 11) is -0.328. The zero-order valence-corrected chi connectivity index (χ0v) is 15.5. The van der Waals surface area contributed by atoms with Crippen LogP contribution in [0.1, 0.15) is 20.8 Å². The fourth-order valence-corrected chi connectivity index (χ4v) is 2.43. The Morgan fingerprint density at radius 1 is 1.29 bits per heavy atom. The number of anilines is 3. The molecule has 0 aliphatic heterocycles. The number of nitrogens with one attached hydrogen (secondary N) is 2. The number of sulfonamides is 1. The summed E-state index contributed by atoms with van der Waals surface area (Å²) >= 11 is 0. The number of nitrogen functional groups attached to an aromatic ring is 1. The maximum absolute atomic E-state index is 11.8. The van der Waals surface area contributed by atoms with Crippen LogP contribution in [0.25, 0.3) is 0 Å². The smallest absolute Gasteiger partial charge is 0.412 e. The molecule has 1 aromatic carbocycles. The van der Waals surface area contributed by atoms with Crippen molar-refractivity contribution in [1.82, 2.24) is 4.31 Å². The van der Waals surface area contributed by atoms with Gasteiger partial charge in [-0.3, -0.25) is 5.32 Å². The molecule has 24 heavy (non-hydrogen) atoms. The number of amides is 1. The van der Waals surface area contributed by atoms with Gasteiger partial charge in [0.25, 0.3) is 0 Å². The van der Waals surface area contributed by atoms with E-state index in [1.807, 2.05) is 0 Å². The summed E-state index contributed by atoms with van der Waals surface area (Å²) in [5, 5.41) is 5.57. The van der Waals surface area contributed by atoms with Crippen LogP contribution in [-0.2, 0) is 14.8 Å². The Labute approximate surface area is 143 Å². The molecular weight excluding hydrogens is 332 g/mol. The summed E-state index contributed by atoms with van der Waals surface area (Å²) in [6.07, 6.45) is -0.576. The van der Waals surface area contributed by atoms with Gasteiger partial charge in [0.15, 0.2) is 0 Å². The molecule has 136 valence electrons. The molecule has 1 amide bonds. The largest absolute Gasteiger partial charge is 0.444 e. The first-order chi connectivity index (χ1) is 10.9. The highest BCUT2D eigenvalue weighted by Gasteiger charge is 2.17. The molecule has 0 saturated heterocycles. The lowest BCUT2D eigenvalue weighted by Gasteiger charge is -2.20. The van der Waals surface area contributed by atoms with Crippen molar-refractivity contribution < 1.29 is 17.9 Å². The molecule has 9 heteroatoms. The van der Waals surface area contributed by atoms with Crippen molar-refractivity contribution in [2.45, 2.75) is 26.4 Å². The van der Waals surface area contributed by atoms with Gasteiger partial charge in [0.05, 0.1) is 17.1 Å². The molecule has 0 fully saturated rings. The van der Waals surface area contributed by atoms with E-state index in [2.05, 4.69) is 10.6 Å². The van der Waals surface area contributed by atoms with Gasteiger partial charge in [-0.15, -0.1) is 0 Å². The van der Waals surface area contributed by atoms with Crippen molar-refractivity contribution in [2.75, 3.05) is 42.8 Å². The number of carbonyl (C=O) groups is 1. The van der Waals surface area contributed by atoms with Gasteiger partial charge >= 0.3 is 6.09 Å². The van der Waals surface area contributed by atoms with Crippen LogP contribution >= 0.6 is 0 Å². The van der Waals surface area contributed by atoms with Crippen molar-refractivity contribution in [3.05, 3.63) is 18.2 Å². The van der Waals surface area contributed by atoms with Gasteiger partial charge in [-0.05, 0) is 39.0 Å². The van der Waals surface area contributed by atoms with Crippen LogP contribution in [0.4, 0.5) is 21.9 Å².